The third-order valence-electron chi connectivity index (χ3n) is 3.28. The summed E-state index contributed by atoms with van der Waals surface area (Å²) >= 11 is 3.44. The summed E-state index contributed by atoms with van der Waals surface area (Å²) in [5.74, 6) is 0.622. The molecule has 0 aliphatic heterocycles. The maximum absolute atomic E-state index is 5.79. The summed E-state index contributed by atoms with van der Waals surface area (Å²) in [6.45, 7) is 0. The molecule has 0 spiro atoms. The van der Waals surface area contributed by atoms with Gasteiger partial charge in [-0.2, -0.15) is 5.10 Å². The van der Waals surface area contributed by atoms with Crippen molar-refractivity contribution < 1.29 is 4.42 Å². The van der Waals surface area contributed by atoms with Crippen LogP contribution < -0.4 is 0 Å². The van der Waals surface area contributed by atoms with Gasteiger partial charge in [-0.15, -0.1) is 0 Å². The highest BCUT2D eigenvalue weighted by Crippen LogP contribution is 2.27. The average molecular weight is 340 g/mol. The van der Waals surface area contributed by atoms with Crippen LogP contribution in [0.5, 0.6) is 0 Å². The van der Waals surface area contributed by atoms with E-state index in [1.54, 1.807) is 0 Å². The van der Waals surface area contributed by atoms with Crippen LogP contribution in [0.1, 0.15) is 0 Å². The Morgan fingerprint density at radius 3 is 2.52 bits per heavy atom. The zero-order valence-electron chi connectivity index (χ0n) is 10.9. The number of halogens is 1. The van der Waals surface area contributed by atoms with Crippen molar-refractivity contribution in [3.05, 3.63) is 59.2 Å². The molecule has 2 aromatic heterocycles. The predicted octanol–water partition coefficient (Wildman–Crippen LogP) is 4.65. The average Bonchev–Trinajstić information content (AvgIpc) is 3.16. The number of aromatic amines is 1. The summed E-state index contributed by atoms with van der Waals surface area (Å²) in [5, 5.41) is 6.98. The Morgan fingerprint density at radius 2 is 1.76 bits per heavy atom. The molecule has 0 saturated carbocycles. The van der Waals surface area contributed by atoms with Crippen molar-refractivity contribution in [2.45, 2.75) is 0 Å². The van der Waals surface area contributed by atoms with Gasteiger partial charge in [0.2, 0.25) is 5.89 Å². The van der Waals surface area contributed by atoms with Crippen molar-refractivity contribution in [2.24, 2.45) is 0 Å². The lowest BCUT2D eigenvalue weighted by molar-refractivity contribution is 0.620. The lowest BCUT2D eigenvalue weighted by atomic mass is 10.1. The first-order chi connectivity index (χ1) is 10.3. The van der Waals surface area contributed by atoms with Crippen LogP contribution in [-0.4, -0.2) is 15.2 Å². The Bertz CT molecular complexity index is 895. The van der Waals surface area contributed by atoms with Crippen LogP contribution in [0.2, 0.25) is 0 Å². The summed E-state index contributed by atoms with van der Waals surface area (Å²) in [6.07, 6.45) is 1.81. The van der Waals surface area contributed by atoms with E-state index in [2.05, 4.69) is 31.1 Å². The molecule has 5 heteroatoms. The Morgan fingerprint density at radius 1 is 0.952 bits per heavy atom. The lowest BCUT2D eigenvalue weighted by Crippen LogP contribution is -1.80. The van der Waals surface area contributed by atoms with Crippen LogP contribution in [0.25, 0.3) is 33.8 Å². The molecule has 0 atom stereocenters. The van der Waals surface area contributed by atoms with Crippen molar-refractivity contribution in [1.82, 2.24) is 15.2 Å². The minimum atomic E-state index is 0.622. The summed E-state index contributed by atoms with van der Waals surface area (Å²) in [5.41, 5.74) is 4.55. The predicted molar refractivity (Wildman–Crippen MR) is 84.7 cm³/mol. The van der Waals surface area contributed by atoms with E-state index in [1.807, 2.05) is 54.7 Å². The van der Waals surface area contributed by atoms with E-state index in [9.17, 15) is 0 Å². The second-order valence-corrected chi connectivity index (χ2v) is 5.58. The van der Waals surface area contributed by atoms with E-state index >= 15 is 0 Å². The quantitative estimate of drug-likeness (QED) is 0.578. The molecule has 0 bridgehead atoms. The number of oxazole rings is 1. The van der Waals surface area contributed by atoms with E-state index in [0.29, 0.717) is 5.89 Å². The molecule has 0 aliphatic carbocycles. The molecular formula is C16H10BrN3O. The minimum absolute atomic E-state index is 0.622. The van der Waals surface area contributed by atoms with Crippen molar-refractivity contribution >= 4 is 27.0 Å². The molecule has 0 radical (unpaired) electrons. The second-order valence-electron chi connectivity index (χ2n) is 4.67. The Balaban J connectivity index is 1.74. The topological polar surface area (TPSA) is 54.7 Å². The molecule has 0 unspecified atom stereocenters. The molecule has 4 nitrogen and oxygen atoms in total. The fourth-order valence-corrected chi connectivity index (χ4v) is 2.58. The van der Waals surface area contributed by atoms with Crippen molar-refractivity contribution in [2.75, 3.05) is 0 Å². The molecule has 0 aliphatic rings. The molecule has 4 aromatic rings. The van der Waals surface area contributed by atoms with Gasteiger partial charge in [-0.3, -0.25) is 5.10 Å². The van der Waals surface area contributed by atoms with Crippen LogP contribution in [-0.2, 0) is 0 Å². The zero-order valence-corrected chi connectivity index (χ0v) is 12.5. The first-order valence-electron chi connectivity index (χ1n) is 6.46. The van der Waals surface area contributed by atoms with Gasteiger partial charge in [0.1, 0.15) is 5.52 Å². The van der Waals surface area contributed by atoms with Gasteiger partial charge in [0.15, 0.2) is 5.58 Å². The number of H-pyrrole nitrogens is 1. The molecule has 102 valence electrons. The normalized spacial score (nSPS) is 11.1. The summed E-state index contributed by atoms with van der Waals surface area (Å²) in [6, 6.07) is 15.7. The van der Waals surface area contributed by atoms with Gasteiger partial charge in [-0.05, 0) is 36.4 Å². The molecule has 0 amide bonds. The van der Waals surface area contributed by atoms with Gasteiger partial charge in [0, 0.05) is 21.8 Å². The molecule has 1 N–H and O–H groups in total. The van der Waals surface area contributed by atoms with Crippen molar-refractivity contribution in [1.29, 1.82) is 0 Å². The van der Waals surface area contributed by atoms with Gasteiger partial charge < -0.3 is 4.42 Å². The van der Waals surface area contributed by atoms with E-state index < -0.39 is 0 Å². The standard InChI is InChI=1S/C16H10BrN3O/c17-12-5-6-15-14(9-12)19-16(21-15)11-3-1-10(2-4-11)13-7-8-18-20-13/h1-9H,(H,18,20). The number of hydrogen-bond donors (Lipinski definition) is 1. The lowest BCUT2D eigenvalue weighted by Gasteiger charge is -1.98. The van der Waals surface area contributed by atoms with Crippen LogP contribution in [0.4, 0.5) is 0 Å². The maximum atomic E-state index is 5.79. The van der Waals surface area contributed by atoms with Gasteiger partial charge in [-0.25, -0.2) is 4.98 Å². The minimum Gasteiger partial charge on any atom is -0.436 e. The van der Waals surface area contributed by atoms with Crippen molar-refractivity contribution in [3.8, 4) is 22.7 Å². The number of fused-ring (bicyclic) bond motifs is 1. The fraction of sp³-hybridized carbons (Fsp3) is 0. The Labute approximate surface area is 129 Å². The molecule has 0 fully saturated rings. The third kappa shape index (κ3) is 2.25. The smallest absolute Gasteiger partial charge is 0.227 e. The number of aromatic nitrogens is 3. The van der Waals surface area contributed by atoms with E-state index in [0.717, 1.165) is 32.4 Å². The SMILES string of the molecule is Brc1ccc2oc(-c3ccc(-c4cc[nH]n4)cc3)nc2c1. The molecule has 21 heavy (non-hydrogen) atoms. The molecule has 0 saturated heterocycles. The van der Waals surface area contributed by atoms with Gasteiger partial charge in [0.25, 0.3) is 0 Å². The van der Waals surface area contributed by atoms with Crippen LogP contribution in [0.3, 0.4) is 0 Å². The Hall–Kier alpha value is -2.40. The largest absolute Gasteiger partial charge is 0.436 e. The van der Waals surface area contributed by atoms with E-state index in [4.69, 9.17) is 4.42 Å². The number of rotatable bonds is 2. The first-order valence-corrected chi connectivity index (χ1v) is 7.25. The highest BCUT2D eigenvalue weighted by Gasteiger charge is 2.09. The van der Waals surface area contributed by atoms with Gasteiger partial charge >= 0.3 is 0 Å². The summed E-state index contributed by atoms with van der Waals surface area (Å²) < 4.78 is 6.78. The second kappa shape index (κ2) is 4.86. The fourth-order valence-electron chi connectivity index (χ4n) is 2.23. The van der Waals surface area contributed by atoms with Crippen LogP contribution in [0, 0.1) is 0 Å². The van der Waals surface area contributed by atoms with Crippen LogP contribution >= 0.6 is 15.9 Å². The van der Waals surface area contributed by atoms with E-state index in [1.165, 1.54) is 0 Å². The van der Waals surface area contributed by atoms with Crippen LogP contribution in [0.15, 0.2) is 63.6 Å². The summed E-state index contributed by atoms with van der Waals surface area (Å²) in [7, 11) is 0. The molecule has 4 rings (SSSR count). The number of nitrogens with one attached hydrogen (secondary N) is 1. The molecule has 2 aromatic carbocycles. The Kier molecular flexibility index (Phi) is 2.86. The third-order valence-corrected chi connectivity index (χ3v) is 3.77. The number of benzene rings is 2. The van der Waals surface area contributed by atoms with Crippen molar-refractivity contribution in [3.63, 3.8) is 0 Å². The number of hydrogen-bond acceptors (Lipinski definition) is 3. The zero-order chi connectivity index (χ0) is 14.2. The highest BCUT2D eigenvalue weighted by molar-refractivity contribution is 9.10. The summed E-state index contributed by atoms with van der Waals surface area (Å²) in [4.78, 5) is 4.52. The number of nitrogens with zero attached hydrogens (tertiary/aromatic N) is 2. The van der Waals surface area contributed by atoms with Gasteiger partial charge in [0.05, 0.1) is 5.69 Å². The molecule has 2 heterocycles. The van der Waals surface area contributed by atoms with E-state index in [-0.39, 0.29) is 0 Å². The maximum Gasteiger partial charge on any atom is 0.227 e. The monoisotopic (exact) mass is 339 g/mol. The van der Waals surface area contributed by atoms with Gasteiger partial charge in [-0.1, -0.05) is 28.1 Å². The first kappa shape index (κ1) is 12.3. The molecular weight excluding hydrogens is 330 g/mol. The highest BCUT2D eigenvalue weighted by atomic mass is 79.9.